The maximum atomic E-state index is 5.66. The molecule has 1 aromatic rings. The van der Waals surface area contributed by atoms with Crippen molar-refractivity contribution in [3.05, 3.63) is 35.4 Å². The monoisotopic (exact) mass is 433 g/mol. The van der Waals surface area contributed by atoms with Gasteiger partial charge in [0.1, 0.15) is 0 Å². The van der Waals surface area contributed by atoms with E-state index in [1.807, 2.05) is 0 Å². The Bertz CT molecular complexity index is 470. The van der Waals surface area contributed by atoms with Gasteiger partial charge < -0.3 is 15.4 Å². The molecule has 0 bridgehead atoms. The number of halogens is 1. The van der Waals surface area contributed by atoms with Crippen molar-refractivity contribution < 1.29 is 4.74 Å². The maximum absolute atomic E-state index is 5.66. The number of ether oxygens (including phenoxy) is 1. The minimum Gasteiger partial charge on any atom is -0.377 e. The van der Waals surface area contributed by atoms with Crippen molar-refractivity contribution >= 4 is 29.9 Å². The third-order valence-corrected chi connectivity index (χ3v) is 2.97. The number of hydrogen-bond acceptors (Lipinski definition) is 2. The molecule has 1 aromatic carbocycles. The average Bonchev–Trinajstić information content (AvgIpc) is 2.45. The summed E-state index contributed by atoms with van der Waals surface area (Å²) in [6, 6.07) is 8.34. The zero-order chi connectivity index (χ0) is 16.4. The number of aliphatic imine (C=N–C) groups is 1. The Hall–Kier alpha value is -0.820. The maximum Gasteiger partial charge on any atom is 0.191 e. The second kappa shape index (κ2) is 11.7. The van der Waals surface area contributed by atoms with E-state index in [9.17, 15) is 0 Å². The lowest BCUT2D eigenvalue weighted by Crippen LogP contribution is -2.47. The van der Waals surface area contributed by atoms with Crippen molar-refractivity contribution in [3.63, 3.8) is 0 Å². The van der Waals surface area contributed by atoms with Crippen molar-refractivity contribution in [2.45, 2.75) is 59.7 Å². The number of hydrogen-bond donors (Lipinski definition) is 2. The summed E-state index contributed by atoms with van der Waals surface area (Å²) < 4.78 is 5.66. The topological polar surface area (TPSA) is 45.6 Å². The molecule has 23 heavy (non-hydrogen) atoms. The van der Waals surface area contributed by atoms with Gasteiger partial charge >= 0.3 is 0 Å². The molecule has 1 rings (SSSR count). The lowest BCUT2D eigenvalue weighted by Gasteiger charge is -2.23. The molecule has 0 aliphatic rings. The van der Waals surface area contributed by atoms with E-state index < -0.39 is 0 Å². The standard InChI is InChI=1S/C18H31N3O.HI/c1-6-12-22-14-16-11-9-8-10-15(16)13-20-17(19-7-2)21-18(3,4)5;/h8-11H,6-7,12-14H2,1-5H3,(H2,19,20,21);1H. The summed E-state index contributed by atoms with van der Waals surface area (Å²) in [7, 11) is 0. The van der Waals surface area contributed by atoms with Gasteiger partial charge in [-0.05, 0) is 45.2 Å². The first kappa shape index (κ1) is 22.2. The van der Waals surface area contributed by atoms with E-state index in [0.29, 0.717) is 13.2 Å². The largest absolute Gasteiger partial charge is 0.377 e. The first-order chi connectivity index (χ1) is 10.5. The molecule has 0 aliphatic heterocycles. The number of nitrogens with one attached hydrogen (secondary N) is 2. The molecular weight excluding hydrogens is 401 g/mol. The minimum atomic E-state index is -0.00917. The molecule has 5 heteroatoms. The van der Waals surface area contributed by atoms with Crippen LogP contribution in [0.15, 0.2) is 29.3 Å². The fraction of sp³-hybridized carbons (Fsp3) is 0.611. The lowest BCUT2D eigenvalue weighted by atomic mass is 10.1. The first-order valence-electron chi connectivity index (χ1n) is 8.17. The normalized spacial score (nSPS) is 11.8. The summed E-state index contributed by atoms with van der Waals surface area (Å²) in [4.78, 5) is 4.70. The Balaban J connectivity index is 0.00000484. The number of guanidine groups is 1. The van der Waals surface area contributed by atoms with Crippen LogP contribution in [0, 0.1) is 0 Å². The van der Waals surface area contributed by atoms with E-state index in [4.69, 9.17) is 9.73 Å². The molecule has 0 aromatic heterocycles. The van der Waals surface area contributed by atoms with E-state index >= 15 is 0 Å². The second-order valence-electron chi connectivity index (χ2n) is 6.39. The smallest absolute Gasteiger partial charge is 0.191 e. The molecule has 0 amide bonds. The van der Waals surface area contributed by atoms with Crippen molar-refractivity contribution in [1.29, 1.82) is 0 Å². The molecule has 0 saturated heterocycles. The van der Waals surface area contributed by atoms with Gasteiger partial charge in [-0.1, -0.05) is 31.2 Å². The van der Waals surface area contributed by atoms with Crippen molar-refractivity contribution in [1.82, 2.24) is 10.6 Å². The van der Waals surface area contributed by atoms with Crippen LogP contribution in [-0.4, -0.2) is 24.7 Å². The molecule has 132 valence electrons. The van der Waals surface area contributed by atoms with Gasteiger partial charge in [0.15, 0.2) is 5.96 Å². The van der Waals surface area contributed by atoms with Crippen molar-refractivity contribution in [2.24, 2.45) is 4.99 Å². The molecule has 0 saturated carbocycles. The first-order valence-corrected chi connectivity index (χ1v) is 8.17. The fourth-order valence-corrected chi connectivity index (χ4v) is 2.01. The molecule has 0 heterocycles. The minimum absolute atomic E-state index is 0. The predicted molar refractivity (Wildman–Crippen MR) is 110 cm³/mol. The van der Waals surface area contributed by atoms with Crippen LogP contribution >= 0.6 is 24.0 Å². The van der Waals surface area contributed by atoms with E-state index in [-0.39, 0.29) is 29.5 Å². The number of rotatable bonds is 7. The predicted octanol–water partition coefficient (Wildman–Crippen LogP) is 4.08. The van der Waals surface area contributed by atoms with Gasteiger partial charge in [-0.2, -0.15) is 0 Å². The molecule has 0 unspecified atom stereocenters. The molecule has 0 aliphatic carbocycles. The Morgan fingerprint density at radius 1 is 1.13 bits per heavy atom. The van der Waals surface area contributed by atoms with Gasteiger partial charge in [-0.15, -0.1) is 24.0 Å². The summed E-state index contributed by atoms with van der Waals surface area (Å²) in [6.07, 6.45) is 1.04. The van der Waals surface area contributed by atoms with Gasteiger partial charge in [-0.25, -0.2) is 4.99 Å². The third-order valence-electron chi connectivity index (χ3n) is 2.97. The fourth-order valence-electron chi connectivity index (χ4n) is 2.01. The second-order valence-corrected chi connectivity index (χ2v) is 6.39. The Morgan fingerprint density at radius 2 is 1.78 bits per heavy atom. The SMILES string of the molecule is CCCOCc1ccccc1CN=C(NCC)NC(C)(C)C.I. The van der Waals surface area contributed by atoms with Gasteiger partial charge in [0.05, 0.1) is 13.2 Å². The highest BCUT2D eigenvalue weighted by atomic mass is 127. The Kier molecular flexibility index (Phi) is 11.3. The molecule has 4 nitrogen and oxygen atoms in total. The Morgan fingerprint density at radius 3 is 2.35 bits per heavy atom. The molecular formula is C18H32IN3O. The van der Waals surface area contributed by atoms with E-state index in [0.717, 1.165) is 25.5 Å². The highest BCUT2D eigenvalue weighted by molar-refractivity contribution is 14.0. The van der Waals surface area contributed by atoms with Gasteiger partial charge in [0.2, 0.25) is 0 Å². The van der Waals surface area contributed by atoms with Crippen molar-refractivity contribution in [3.8, 4) is 0 Å². The highest BCUT2D eigenvalue weighted by Crippen LogP contribution is 2.12. The molecule has 0 fully saturated rings. The van der Waals surface area contributed by atoms with Crippen LogP contribution in [-0.2, 0) is 17.9 Å². The van der Waals surface area contributed by atoms with Crippen molar-refractivity contribution in [2.75, 3.05) is 13.2 Å². The Labute approximate surface area is 158 Å². The van der Waals surface area contributed by atoms with Crippen LogP contribution in [0.5, 0.6) is 0 Å². The molecule has 0 spiro atoms. The van der Waals surface area contributed by atoms with Crippen LogP contribution in [0.4, 0.5) is 0 Å². The van der Waals surface area contributed by atoms with Crippen LogP contribution < -0.4 is 10.6 Å². The highest BCUT2D eigenvalue weighted by Gasteiger charge is 2.11. The summed E-state index contributed by atoms with van der Waals surface area (Å²) in [6.45, 7) is 13.5. The van der Waals surface area contributed by atoms with Gasteiger partial charge in [-0.3, -0.25) is 0 Å². The van der Waals surface area contributed by atoms with Crippen LogP contribution in [0.25, 0.3) is 0 Å². The molecule has 0 atom stereocenters. The third kappa shape index (κ3) is 9.81. The van der Waals surface area contributed by atoms with Gasteiger partial charge in [0, 0.05) is 18.7 Å². The lowest BCUT2D eigenvalue weighted by molar-refractivity contribution is 0.121. The molecule has 0 radical (unpaired) electrons. The average molecular weight is 433 g/mol. The zero-order valence-electron chi connectivity index (χ0n) is 15.1. The van der Waals surface area contributed by atoms with E-state index in [1.54, 1.807) is 0 Å². The van der Waals surface area contributed by atoms with Crippen LogP contribution in [0.2, 0.25) is 0 Å². The summed E-state index contributed by atoms with van der Waals surface area (Å²) >= 11 is 0. The number of nitrogens with zero attached hydrogens (tertiary/aromatic N) is 1. The number of benzene rings is 1. The summed E-state index contributed by atoms with van der Waals surface area (Å²) in [5.41, 5.74) is 2.42. The van der Waals surface area contributed by atoms with E-state index in [1.165, 1.54) is 11.1 Å². The zero-order valence-corrected chi connectivity index (χ0v) is 17.4. The van der Waals surface area contributed by atoms with Crippen LogP contribution in [0.3, 0.4) is 0 Å². The van der Waals surface area contributed by atoms with E-state index in [2.05, 4.69) is 69.5 Å². The quantitative estimate of drug-likeness (QED) is 0.295. The summed E-state index contributed by atoms with van der Waals surface area (Å²) in [5, 5.41) is 6.70. The van der Waals surface area contributed by atoms with Gasteiger partial charge in [0.25, 0.3) is 0 Å². The van der Waals surface area contributed by atoms with Crippen LogP contribution in [0.1, 0.15) is 52.2 Å². The summed E-state index contributed by atoms with van der Waals surface area (Å²) in [5.74, 6) is 0.847. The molecule has 2 N–H and O–H groups in total.